The molecule has 0 radical (unpaired) electrons. The van der Waals surface area contributed by atoms with E-state index in [0.717, 1.165) is 23.1 Å². The maximum Gasteiger partial charge on any atom is 0.389 e. The molecule has 3 aromatic heterocycles. The molecule has 0 aliphatic carbocycles. The van der Waals surface area contributed by atoms with Crippen LogP contribution in [0.2, 0.25) is 0 Å². The number of likely N-dealkylation sites (N-methyl/N-ethyl adjacent to an activating group) is 1. The largest absolute Gasteiger partial charge is 0.389 e. The van der Waals surface area contributed by atoms with E-state index in [-0.39, 0.29) is 12.5 Å². The van der Waals surface area contributed by atoms with Gasteiger partial charge < -0.3 is 15.1 Å². The summed E-state index contributed by atoms with van der Waals surface area (Å²) < 4.78 is 39.1. The molecule has 1 N–H and O–H groups in total. The van der Waals surface area contributed by atoms with E-state index >= 15 is 0 Å². The van der Waals surface area contributed by atoms with Gasteiger partial charge in [0.25, 0.3) is 5.91 Å². The molecule has 1 aliphatic heterocycles. The minimum absolute atomic E-state index is 0.0764. The van der Waals surface area contributed by atoms with Crippen molar-refractivity contribution in [2.45, 2.75) is 31.9 Å². The predicted molar refractivity (Wildman–Crippen MR) is 152 cm³/mol. The number of aromatic nitrogens is 4. The molecule has 0 fully saturated rings. The van der Waals surface area contributed by atoms with E-state index in [0.29, 0.717) is 42.4 Å². The van der Waals surface area contributed by atoms with E-state index in [1.807, 2.05) is 30.3 Å². The van der Waals surface area contributed by atoms with Gasteiger partial charge in [-0.3, -0.25) is 14.6 Å². The highest BCUT2D eigenvalue weighted by atomic mass is 19.4. The highest BCUT2D eigenvalue weighted by molar-refractivity contribution is 5.94. The number of nitrogens with zero attached hydrogens (tertiary/aromatic N) is 6. The van der Waals surface area contributed by atoms with Crippen molar-refractivity contribution < 1.29 is 22.8 Å². The Morgan fingerprint density at radius 1 is 1.07 bits per heavy atom. The molecule has 0 bridgehead atoms. The molecule has 0 saturated heterocycles. The van der Waals surface area contributed by atoms with Crippen molar-refractivity contribution in [3.8, 4) is 0 Å². The van der Waals surface area contributed by atoms with E-state index < -0.39 is 24.9 Å². The van der Waals surface area contributed by atoms with Gasteiger partial charge in [-0.25, -0.2) is 4.52 Å². The Hall–Kier alpha value is -4.74. The molecule has 0 atom stereocenters. The van der Waals surface area contributed by atoms with Gasteiger partial charge in [-0.05, 0) is 72.5 Å². The molecular formula is C30H30F3N7O2. The lowest BCUT2D eigenvalue weighted by Crippen LogP contribution is -2.35. The topological polar surface area (TPSA) is 95.7 Å². The molecule has 1 aliphatic rings. The van der Waals surface area contributed by atoms with E-state index in [4.69, 9.17) is 0 Å². The van der Waals surface area contributed by atoms with Gasteiger partial charge >= 0.3 is 6.18 Å². The van der Waals surface area contributed by atoms with Crippen molar-refractivity contribution in [1.29, 1.82) is 0 Å². The molecular weight excluding hydrogens is 547 g/mol. The Kier molecular flexibility index (Phi) is 8.51. The number of anilines is 2. The van der Waals surface area contributed by atoms with Crippen LogP contribution in [0.4, 0.5) is 24.8 Å². The third-order valence-corrected chi connectivity index (χ3v) is 7.11. The second-order valence-electron chi connectivity index (χ2n) is 10.1. The highest BCUT2D eigenvalue weighted by Gasteiger charge is 2.29. The van der Waals surface area contributed by atoms with Crippen LogP contribution in [0, 0.1) is 0 Å². The zero-order chi connectivity index (χ0) is 29.7. The van der Waals surface area contributed by atoms with Gasteiger partial charge in [0, 0.05) is 68.5 Å². The van der Waals surface area contributed by atoms with Crippen molar-refractivity contribution in [1.82, 2.24) is 29.4 Å². The van der Waals surface area contributed by atoms with Gasteiger partial charge in [-0.15, -0.1) is 5.10 Å². The third-order valence-electron chi connectivity index (χ3n) is 7.11. The maximum absolute atomic E-state index is 12.9. The van der Waals surface area contributed by atoms with Gasteiger partial charge in [0.2, 0.25) is 11.9 Å². The minimum atomic E-state index is -4.35. The molecule has 9 nitrogen and oxygen atoms in total. The number of pyridine rings is 2. The summed E-state index contributed by atoms with van der Waals surface area (Å²) in [5, 5.41) is 7.69. The molecule has 218 valence electrons. The summed E-state index contributed by atoms with van der Waals surface area (Å²) in [5.41, 5.74) is 4.81. The summed E-state index contributed by atoms with van der Waals surface area (Å²) in [5.74, 6) is -0.206. The fraction of sp³-hybridized carbons (Fsp3) is 0.300. The lowest BCUT2D eigenvalue weighted by Gasteiger charge is -2.27. The van der Waals surface area contributed by atoms with Crippen LogP contribution in [0.5, 0.6) is 0 Å². The number of benzene rings is 1. The van der Waals surface area contributed by atoms with Gasteiger partial charge in [0.05, 0.1) is 6.42 Å². The minimum Gasteiger partial charge on any atom is -0.341 e. The first-order valence-corrected chi connectivity index (χ1v) is 13.6. The van der Waals surface area contributed by atoms with E-state index in [1.54, 1.807) is 59.3 Å². The number of carbonyl (C=O) groups excluding carboxylic acids is 2. The second kappa shape index (κ2) is 12.4. The van der Waals surface area contributed by atoms with E-state index in [2.05, 4.69) is 20.4 Å². The first-order valence-electron chi connectivity index (χ1n) is 13.6. The molecule has 4 heterocycles. The molecule has 2 amide bonds. The van der Waals surface area contributed by atoms with Crippen LogP contribution >= 0.6 is 0 Å². The quantitative estimate of drug-likeness (QED) is 0.296. The van der Waals surface area contributed by atoms with E-state index in [1.165, 1.54) is 4.90 Å². The second-order valence-corrected chi connectivity index (χ2v) is 10.1. The summed E-state index contributed by atoms with van der Waals surface area (Å²) in [6, 6.07) is 14.7. The third kappa shape index (κ3) is 7.12. The van der Waals surface area contributed by atoms with Crippen molar-refractivity contribution in [2.24, 2.45) is 0 Å². The first kappa shape index (κ1) is 28.8. The average Bonchev–Trinajstić information content (AvgIpc) is 3.41. The van der Waals surface area contributed by atoms with Gasteiger partial charge in [-0.2, -0.15) is 18.2 Å². The maximum atomic E-state index is 12.9. The van der Waals surface area contributed by atoms with Gasteiger partial charge in [-0.1, -0.05) is 6.08 Å². The van der Waals surface area contributed by atoms with Crippen LogP contribution in [0.15, 0.2) is 73.2 Å². The number of alkyl halides is 3. The summed E-state index contributed by atoms with van der Waals surface area (Å²) in [7, 11) is 1.78. The summed E-state index contributed by atoms with van der Waals surface area (Å²) in [6.45, 7) is 1.17. The predicted octanol–water partition coefficient (Wildman–Crippen LogP) is 5.14. The zero-order valence-corrected chi connectivity index (χ0v) is 23.0. The molecule has 5 rings (SSSR count). The number of carbonyl (C=O) groups is 2. The van der Waals surface area contributed by atoms with Gasteiger partial charge in [0.15, 0.2) is 5.65 Å². The summed E-state index contributed by atoms with van der Waals surface area (Å²) in [6.07, 6.45) is 2.34. The van der Waals surface area contributed by atoms with E-state index in [9.17, 15) is 22.8 Å². The van der Waals surface area contributed by atoms with Gasteiger partial charge in [0.1, 0.15) is 0 Å². The average molecular weight is 578 g/mol. The Bertz CT molecular complexity index is 1580. The molecule has 0 spiro atoms. The molecule has 1 aromatic carbocycles. The number of amides is 2. The lowest BCUT2D eigenvalue weighted by atomic mass is 10.00. The Labute approximate surface area is 240 Å². The monoisotopic (exact) mass is 577 g/mol. The Morgan fingerprint density at radius 2 is 1.83 bits per heavy atom. The number of fused-ring (bicyclic) bond motifs is 1. The Morgan fingerprint density at radius 3 is 2.52 bits per heavy atom. The molecule has 0 saturated carbocycles. The van der Waals surface area contributed by atoms with Crippen molar-refractivity contribution in [3.05, 3.63) is 89.9 Å². The fourth-order valence-corrected chi connectivity index (χ4v) is 4.75. The van der Waals surface area contributed by atoms with Crippen molar-refractivity contribution >= 4 is 34.7 Å². The van der Waals surface area contributed by atoms with Crippen molar-refractivity contribution in [2.75, 3.05) is 32.0 Å². The molecule has 4 aromatic rings. The van der Waals surface area contributed by atoms with Crippen LogP contribution in [0.25, 0.3) is 11.2 Å². The van der Waals surface area contributed by atoms with Crippen LogP contribution < -0.4 is 5.32 Å². The number of halogens is 3. The fourth-order valence-electron chi connectivity index (χ4n) is 4.75. The van der Waals surface area contributed by atoms with Crippen LogP contribution in [0.1, 0.15) is 40.7 Å². The number of nitrogens with one attached hydrogen (secondary N) is 1. The smallest absolute Gasteiger partial charge is 0.341 e. The van der Waals surface area contributed by atoms with Crippen LogP contribution in [-0.4, -0.2) is 74.1 Å². The standard InChI is InChI=1S/C30H30F3N7O2/c1-38(18-11-21-9-15-34-16-10-21)28(42)23-4-6-24(7-5-23)35-29-36-27-25(3-2-17-40(27)37-29)22-12-19-39(20-13-22)26(41)8-14-30(31,32)33/h2-7,9-10,12,15-17H,8,11,13-14,18-20H2,1H3,(H,35,37). The normalized spacial score (nSPS) is 13.6. The van der Waals surface area contributed by atoms with Crippen molar-refractivity contribution in [3.63, 3.8) is 0 Å². The molecule has 42 heavy (non-hydrogen) atoms. The lowest BCUT2D eigenvalue weighted by molar-refractivity contribution is -0.148. The summed E-state index contributed by atoms with van der Waals surface area (Å²) >= 11 is 0. The number of rotatable bonds is 9. The zero-order valence-electron chi connectivity index (χ0n) is 23.0. The van der Waals surface area contributed by atoms with Crippen LogP contribution in [-0.2, 0) is 11.2 Å². The summed E-state index contributed by atoms with van der Waals surface area (Å²) in [4.78, 5) is 36.8. The SMILES string of the molecule is CN(CCc1ccncc1)C(=O)c1ccc(Nc2nc3c(C4=CCN(C(=O)CCC(F)(F)F)CC4)cccn3n2)cc1. The number of hydrogen-bond donors (Lipinski definition) is 1. The first-order chi connectivity index (χ1) is 20.2. The molecule has 12 heteroatoms. The van der Waals surface area contributed by atoms with Crippen LogP contribution in [0.3, 0.4) is 0 Å². The molecule has 0 unspecified atom stereocenters. The number of hydrogen-bond acceptors (Lipinski definition) is 6. The Balaban J connectivity index is 1.21. The highest BCUT2D eigenvalue weighted by Crippen LogP contribution is 2.28.